The summed E-state index contributed by atoms with van der Waals surface area (Å²) in [4.78, 5) is 10.7. The Kier molecular flexibility index (Phi) is 8.74. The molecule has 2 aromatic heterocycles. The summed E-state index contributed by atoms with van der Waals surface area (Å²) in [6.45, 7) is 9.97. The van der Waals surface area contributed by atoms with Crippen LogP contribution in [-0.2, 0) is 11.2 Å². The van der Waals surface area contributed by atoms with Crippen molar-refractivity contribution in [1.29, 1.82) is 0 Å². The number of hydrogen-bond acceptors (Lipinski definition) is 5. The normalized spacial score (nSPS) is 11.2. The zero-order chi connectivity index (χ0) is 22.1. The van der Waals surface area contributed by atoms with Crippen LogP contribution >= 0.6 is 0 Å². The van der Waals surface area contributed by atoms with Crippen LogP contribution in [0.15, 0.2) is 36.4 Å². The van der Waals surface area contributed by atoms with Crippen LogP contribution in [-0.4, -0.2) is 54.6 Å². The Balaban J connectivity index is 1.80. The lowest BCUT2D eigenvalue weighted by atomic mass is 10.0. The molecule has 0 bridgehead atoms. The van der Waals surface area contributed by atoms with Crippen LogP contribution in [0.25, 0.3) is 22.3 Å². The topological polar surface area (TPSA) is 70.6 Å². The van der Waals surface area contributed by atoms with Gasteiger partial charge in [0.2, 0.25) is 0 Å². The number of hydrogen-bond donors (Lipinski definition) is 2. The van der Waals surface area contributed by atoms with Gasteiger partial charge in [-0.15, -0.1) is 0 Å². The monoisotopic (exact) mass is 425 g/mol. The Morgan fingerprint density at radius 3 is 2.35 bits per heavy atom. The number of aryl methyl sites for hydroxylation is 1. The summed E-state index contributed by atoms with van der Waals surface area (Å²) in [5, 5.41) is 8.75. The molecule has 0 fully saturated rings. The zero-order valence-electron chi connectivity index (χ0n) is 19.0. The van der Waals surface area contributed by atoms with Gasteiger partial charge in [0.25, 0.3) is 0 Å². The Morgan fingerprint density at radius 1 is 0.968 bits per heavy atom. The molecule has 0 spiro atoms. The minimum absolute atomic E-state index is 0.0229. The second-order valence-electron chi connectivity index (χ2n) is 7.63. The smallest absolute Gasteiger partial charge is 0.193 e. The van der Waals surface area contributed by atoms with Crippen LogP contribution in [0.2, 0.25) is 0 Å². The first-order chi connectivity index (χ1) is 15.2. The Labute approximate surface area is 185 Å². The highest BCUT2D eigenvalue weighted by atomic mass is 16.5. The van der Waals surface area contributed by atoms with Gasteiger partial charge in [-0.05, 0) is 43.0 Å². The molecule has 2 N–H and O–H groups in total. The number of ether oxygens (including phenoxy) is 2. The summed E-state index contributed by atoms with van der Waals surface area (Å²) in [5.41, 5.74) is 6.50. The van der Waals surface area contributed by atoms with E-state index in [0.717, 1.165) is 54.6 Å². The standard InChI is InChI=1S/C25H35N3O3/c1-4-11-28(12-5-2)21-9-7-20(8-10-21)25-19(6-3)17-22-23(27-25)18-24(26-22)31-16-15-30-14-13-29/h7-10,17-18,26,29H,4-6,11-16H2,1-3H3. The third-order valence-corrected chi connectivity index (χ3v) is 5.25. The largest absolute Gasteiger partial charge is 0.476 e. The first kappa shape index (κ1) is 23.1. The molecule has 0 aliphatic rings. The lowest BCUT2D eigenvalue weighted by Crippen LogP contribution is -2.24. The zero-order valence-corrected chi connectivity index (χ0v) is 19.0. The second-order valence-corrected chi connectivity index (χ2v) is 7.63. The molecule has 0 saturated carbocycles. The summed E-state index contributed by atoms with van der Waals surface area (Å²) < 4.78 is 11.0. The third-order valence-electron chi connectivity index (χ3n) is 5.25. The number of aromatic amines is 1. The molecule has 3 aromatic rings. The lowest BCUT2D eigenvalue weighted by molar-refractivity contribution is 0.0697. The molecule has 0 saturated heterocycles. The predicted molar refractivity (Wildman–Crippen MR) is 127 cm³/mol. The molecule has 6 nitrogen and oxygen atoms in total. The minimum atomic E-state index is 0.0229. The second kappa shape index (κ2) is 11.7. The number of H-pyrrole nitrogens is 1. The van der Waals surface area contributed by atoms with E-state index in [4.69, 9.17) is 19.6 Å². The molecular weight excluding hydrogens is 390 g/mol. The maximum absolute atomic E-state index is 8.75. The molecule has 0 amide bonds. The maximum Gasteiger partial charge on any atom is 0.193 e. The average Bonchev–Trinajstić information content (AvgIpc) is 3.19. The average molecular weight is 426 g/mol. The van der Waals surface area contributed by atoms with Crippen molar-refractivity contribution in [2.75, 3.05) is 44.4 Å². The molecule has 0 atom stereocenters. The molecule has 3 rings (SSSR count). The molecule has 0 aliphatic carbocycles. The molecule has 0 unspecified atom stereocenters. The van der Waals surface area contributed by atoms with Crippen LogP contribution in [0.4, 0.5) is 5.69 Å². The number of nitrogens with one attached hydrogen (secondary N) is 1. The van der Waals surface area contributed by atoms with Gasteiger partial charge in [-0.3, -0.25) is 0 Å². The van der Waals surface area contributed by atoms with Crippen molar-refractivity contribution >= 4 is 16.7 Å². The van der Waals surface area contributed by atoms with Crippen molar-refractivity contribution in [3.8, 4) is 17.1 Å². The first-order valence-electron chi connectivity index (χ1n) is 11.4. The van der Waals surface area contributed by atoms with Crippen LogP contribution in [0, 0.1) is 0 Å². The van der Waals surface area contributed by atoms with E-state index in [1.54, 1.807) is 0 Å². The van der Waals surface area contributed by atoms with E-state index in [2.05, 4.69) is 61.0 Å². The summed E-state index contributed by atoms with van der Waals surface area (Å²) >= 11 is 0. The summed E-state index contributed by atoms with van der Waals surface area (Å²) in [6, 6.07) is 12.9. The van der Waals surface area contributed by atoms with E-state index >= 15 is 0 Å². The summed E-state index contributed by atoms with van der Waals surface area (Å²) in [6.07, 6.45) is 3.19. The molecule has 0 radical (unpaired) electrons. The molecule has 0 aliphatic heterocycles. The highest BCUT2D eigenvalue weighted by Gasteiger charge is 2.12. The fraction of sp³-hybridized carbons (Fsp3) is 0.480. The maximum atomic E-state index is 8.75. The fourth-order valence-corrected chi connectivity index (χ4v) is 3.79. The van der Waals surface area contributed by atoms with Gasteiger partial charge in [0.15, 0.2) is 5.88 Å². The Morgan fingerprint density at radius 2 is 1.71 bits per heavy atom. The van der Waals surface area contributed by atoms with Crippen molar-refractivity contribution in [3.63, 3.8) is 0 Å². The fourth-order valence-electron chi connectivity index (χ4n) is 3.79. The van der Waals surface area contributed by atoms with Crippen LogP contribution in [0.3, 0.4) is 0 Å². The number of aromatic nitrogens is 2. The van der Waals surface area contributed by atoms with Crippen molar-refractivity contribution in [1.82, 2.24) is 9.97 Å². The van der Waals surface area contributed by atoms with Gasteiger partial charge in [-0.1, -0.05) is 32.9 Å². The van der Waals surface area contributed by atoms with E-state index in [0.29, 0.717) is 25.7 Å². The third kappa shape index (κ3) is 5.99. The van der Waals surface area contributed by atoms with E-state index < -0.39 is 0 Å². The number of benzene rings is 1. The molecule has 168 valence electrons. The first-order valence-corrected chi connectivity index (χ1v) is 11.4. The minimum Gasteiger partial charge on any atom is -0.476 e. The summed E-state index contributed by atoms with van der Waals surface area (Å²) in [5.74, 6) is 0.680. The van der Waals surface area contributed by atoms with Crippen molar-refractivity contribution in [3.05, 3.63) is 42.0 Å². The number of anilines is 1. The van der Waals surface area contributed by atoms with Gasteiger partial charge in [-0.2, -0.15) is 0 Å². The van der Waals surface area contributed by atoms with Gasteiger partial charge < -0.3 is 24.5 Å². The van der Waals surface area contributed by atoms with Crippen LogP contribution < -0.4 is 9.64 Å². The number of aliphatic hydroxyl groups excluding tert-OH is 1. The highest BCUT2D eigenvalue weighted by molar-refractivity contribution is 5.82. The van der Waals surface area contributed by atoms with Gasteiger partial charge in [0.05, 0.1) is 36.5 Å². The number of nitrogens with zero attached hydrogens (tertiary/aromatic N) is 2. The van der Waals surface area contributed by atoms with E-state index in [9.17, 15) is 0 Å². The molecule has 6 heteroatoms. The van der Waals surface area contributed by atoms with E-state index in [1.807, 2.05) is 6.07 Å². The number of pyridine rings is 1. The van der Waals surface area contributed by atoms with Crippen molar-refractivity contribution < 1.29 is 14.6 Å². The number of rotatable bonds is 13. The van der Waals surface area contributed by atoms with Crippen LogP contribution in [0.1, 0.15) is 39.2 Å². The SMILES string of the molecule is CCCN(CCC)c1ccc(-c2nc3cc(OCCOCCO)[nH]c3cc2CC)cc1. The quantitative estimate of drug-likeness (QED) is 0.385. The number of aliphatic hydroxyl groups is 1. The lowest BCUT2D eigenvalue weighted by Gasteiger charge is -2.24. The molecule has 31 heavy (non-hydrogen) atoms. The van der Waals surface area contributed by atoms with Gasteiger partial charge in [-0.25, -0.2) is 4.98 Å². The molecular formula is C25H35N3O3. The van der Waals surface area contributed by atoms with Crippen molar-refractivity contribution in [2.24, 2.45) is 0 Å². The van der Waals surface area contributed by atoms with Crippen molar-refractivity contribution in [2.45, 2.75) is 40.0 Å². The molecule has 1 aromatic carbocycles. The van der Waals surface area contributed by atoms with E-state index in [-0.39, 0.29) is 6.61 Å². The van der Waals surface area contributed by atoms with Gasteiger partial charge in [0, 0.05) is 30.4 Å². The predicted octanol–water partition coefficient (Wildman–Crippen LogP) is 4.81. The Bertz CT molecular complexity index is 931. The van der Waals surface area contributed by atoms with Gasteiger partial charge in [0.1, 0.15) is 6.61 Å². The Hall–Kier alpha value is -2.57. The number of fused-ring (bicyclic) bond motifs is 1. The highest BCUT2D eigenvalue weighted by Crippen LogP contribution is 2.29. The van der Waals surface area contributed by atoms with Crippen LogP contribution in [0.5, 0.6) is 5.88 Å². The summed E-state index contributed by atoms with van der Waals surface area (Å²) in [7, 11) is 0. The molecule has 2 heterocycles. The van der Waals surface area contributed by atoms with Gasteiger partial charge >= 0.3 is 0 Å². The van der Waals surface area contributed by atoms with E-state index in [1.165, 1.54) is 11.3 Å².